The lowest BCUT2D eigenvalue weighted by Gasteiger charge is -2.27. The van der Waals surface area contributed by atoms with Crippen LogP contribution in [-0.4, -0.2) is 63.0 Å². The van der Waals surface area contributed by atoms with Crippen LogP contribution in [0.1, 0.15) is 16.9 Å². The number of amides is 1. The Morgan fingerprint density at radius 2 is 1.83 bits per heavy atom. The number of aromatic nitrogens is 4. The Bertz CT molecular complexity index is 1430. The van der Waals surface area contributed by atoms with Gasteiger partial charge in [0.05, 0.1) is 28.6 Å². The van der Waals surface area contributed by atoms with Crippen molar-refractivity contribution in [2.24, 2.45) is 0 Å². The van der Waals surface area contributed by atoms with E-state index in [0.29, 0.717) is 16.0 Å². The molecule has 0 radical (unpaired) electrons. The minimum absolute atomic E-state index is 0.255. The minimum atomic E-state index is -0.325. The molecular formula is C26H27N7OS. The van der Waals surface area contributed by atoms with Crippen LogP contribution in [0.3, 0.4) is 0 Å². The fourth-order valence-corrected chi connectivity index (χ4v) is 4.48. The number of carbonyl (C=O) groups is 1. The molecule has 1 amide bonds. The molecule has 5 rings (SSSR count). The summed E-state index contributed by atoms with van der Waals surface area (Å²) in [5, 5.41) is 6.35. The van der Waals surface area contributed by atoms with Gasteiger partial charge in [0.2, 0.25) is 0 Å². The van der Waals surface area contributed by atoms with E-state index in [0.717, 1.165) is 61.6 Å². The predicted molar refractivity (Wildman–Crippen MR) is 142 cm³/mol. The van der Waals surface area contributed by atoms with E-state index in [1.807, 2.05) is 59.3 Å². The van der Waals surface area contributed by atoms with Crippen LogP contribution in [0.2, 0.25) is 0 Å². The molecule has 8 nitrogen and oxygen atoms in total. The quantitative estimate of drug-likeness (QED) is 0.340. The number of carbonyl (C=O) groups excluding carboxylic acids is 1. The number of piperazine rings is 1. The molecule has 1 aliphatic rings. The third-order valence-corrected chi connectivity index (χ3v) is 6.43. The van der Waals surface area contributed by atoms with Crippen molar-refractivity contribution >= 4 is 40.5 Å². The van der Waals surface area contributed by atoms with Crippen LogP contribution in [0.15, 0.2) is 67.5 Å². The summed E-state index contributed by atoms with van der Waals surface area (Å²) in [5.74, 6) is -0.325. The zero-order chi connectivity index (χ0) is 24.2. The number of imidazole rings is 1. The van der Waals surface area contributed by atoms with Gasteiger partial charge in [-0.2, -0.15) is 0 Å². The van der Waals surface area contributed by atoms with Gasteiger partial charge >= 0.3 is 0 Å². The molecule has 0 unspecified atom stereocenters. The Kier molecular flexibility index (Phi) is 6.80. The van der Waals surface area contributed by atoms with Crippen LogP contribution >= 0.6 is 12.2 Å². The maximum absolute atomic E-state index is 13.0. The van der Waals surface area contributed by atoms with E-state index in [-0.39, 0.29) is 11.6 Å². The van der Waals surface area contributed by atoms with Gasteiger partial charge in [-0.25, -0.2) is 4.98 Å². The third kappa shape index (κ3) is 5.22. The first-order chi connectivity index (χ1) is 17.1. The van der Waals surface area contributed by atoms with E-state index in [1.54, 1.807) is 0 Å². The van der Waals surface area contributed by atoms with Crippen molar-refractivity contribution in [1.82, 2.24) is 29.7 Å². The standard InChI is InChI=1S/C26H27N7OS/c1-18(10-13-32-14-11-27-12-15-32)33-17-24(31-26(33)35)19-6-2-3-7-20(19)30-25(34)23-16-28-21-8-4-5-9-22(21)29-23/h2-9,16-17,27H,1,10-15H2,(H,30,34)(H,31,35). The van der Waals surface area contributed by atoms with Crippen LogP contribution in [0.4, 0.5) is 5.69 Å². The van der Waals surface area contributed by atoms with Gasteiger partial charge in [0.15, 0.2) is 4.77 Å². The average molecular weight is 486 g/mol. The number of hydrogen-bond acceptors (Lipinski definition) is 6. The van der Waals surface area contributed by atoms with Crippen molar-refractivity contribution in [3.8, 4) is 11.3 Å². The molecule has 1 aliphatic heterocycles. The number of nitrogens with one attached hydrogen (secondary N) is 3. The normalized spacial score (nSPS) is 14.2. The van der Waals surface area contributed by atoms with Gasteiger partial charge in [0.1, 0.15) is 5.69 Å². The maximum Gasteiger partial charge on any atom is 0.275 e. The van der Waals surface area contributed by atoms with Gasteiger partial charge in [0, 0.05) is 56.6 Å². The summed E-state index contributed by atoms with van der Waals surface area (Å²) in [5.41, 5.74) is 4.90. The number of hydrogen-bond donors (Lipinski definition) is 3. The van der Waals surface area contributed by atoms with E-state index in [2.05, 4.69) is 37.1 Å². The highest BCUT2D eigenvalue weighted by Gasteiger charge is 2.15. The molecule has 0 bridgehead atoms. The maximum atomic E-state index is 13.0. The molecule has 2 aromatic heterocycles. The molecule has 0 spiro atoms. The second-order valence-corrected chi connectivity index (χ2v) is 8.88. The number of H-pyrrole nitrogens is 1. The fourth-order valence-electron chi connectivity index (χ4n) is 4.19. The van der Waals surface area contributed by atoms with Crippen LogP contribution in [0, 0.1) is 4.77 Å². The minimum Gasteiger partial charge on any atom is -0.330 e. The molecule has 0 atom stereocenters. The summed E-state index contributed by atoms with van der Waals surface area (Å²) >= 11 is 5.59. The van der Waals surface area contributed by atoms with E-state index >= 15 is 0 Å². The molecule has 4 aromatic rings. The monoisotopic (exact) mass is 485 g/mol. The number of para-hydroxylation sites is 3. The zero-order valence-corrected chi connectivity index (χ0v) is 20.1. The van der Waals surface area contributed by atoms with Crippen molar-refractivity contribution in [3.05, 3.63) is 78.0 Å². The number of fused-ring (bicyclic) bond motifs is 1. The van der Waals surface area contributed by atoms with Gasteiger partial charge in [0.25, 0.3) is 5.91 Å². The Morgan fingerprint density at radius 3 is 2.66 bits per heavy atom. The summed E-state index contributed by atoms with van der Waals surface area (Å²) in [6.45, 7) is 9.35. The first-order valence-corrected chi connectivity index (χ1v) is 12.0. The van der Waals surface area contributed by atoms with Gasteiger partial charge < -0.3 is 20.5 Å². The molecule has 3 heterocycles. The van der Waals surface area contributed by atoms with Crippen LogP contribution in [0.25, 0.3) is 28.0 Å². The molecule has 0 saturated carbocycles. The molecule has 0 aliphatic carbocycles. The molecule has 2 aromatic carbocycles. The summed E-state index contributed by atoms with van der Waals surface area (Å²) in [4.78, 5) is 27.5. The van der Waals surface area contributed by atoms with E-state index in [1.165, 1.54) is 6.20 Å². The molecule has 3 N–H and O–H groups in total. The predicted octanol–water partition coefficient (Wildman–Crippen LogP) is 4.17. The number of aromatic amines is 1. The molecule has 1 saturated heterocycles. The number of rotatable bonds is 7. The number of benzene rings is 2. The SMILES string of the molecule is C=C(CCN1CCNCC1)n1cc(-c2ccccc2NC(=O)c2cnc3ccccc3n2)[nH]c1=S. The smallest absolute Gasteiger partial charge is 0.275 e. The summed E-state index contributed by atoms with van der Waals surface area (Å²) in [7, 11) is 0. The van der Waals surface area contributed by atoms with E-state index < -0.39 is 0 Å². The Morgan fingerprint density at radius 1 is 1.09 bits per heavy atom. The van der Waals surface area contributed by atoms with Gasteiger partial charge in [-0.05, 0) is 30.4 Å². The van der Waals surface area contributed by atoms with Gasteiger partial charge in [-0.3, -0.25) is 14.3 Å². The molecule has 35 heavy (non-hydrogen) atoms. The highest BCUT2D eigenvalue weighted by Crippen LogP contribution is 2.28. The second kappa shape index (κ2) is 10.3. The topological polar surface area (TPSA) is 90.9 Å². The Balaban J connectivity index is 1.34. The third-order valence-electron chi connectivity index (χ3n) is 6.13. The van der Waals surface area contributed by atoms with E-state index in [4.69, 9.17) is 12.2 Å². The second-order valence-electron chi connectivity index (χ2n) is 8.49. The zero-order valence-electron chi connectivity index (χ0n) is 19.3. The lowest BCUT2D eigenvalue weighted by Crippen LogP contribution is -2.43. The van der Waals surface area contributed by atoms with Crippen molar-refractivity contribution < 1.29 is 4.79 Å². The summed E-state index contributed by atoms with van der Waals surface area (Å²) in [6.07, 6.45) is 4.26. The van der Waals surface area contributed by atoms with Crippen molar-refractivity contribution in [2.45, 2.75) is 6.42 Å². The Hall–Kier alpha value is -3.66. The summed E-state index contributed by atoms with van der Waals surface area (Å²) < 4.78 is 2.49. The lowest BCUT2D eigenvalue weighted by molar-refractivity contribution is 0.102. The molecule has 1 fully saturated rings. The average Bonchev–Trinajstić information content (AvgIpc) is 3.29. The first kappa shape index (κ1) is 23.1. The van der Waals surface area contributed by atoms with Crippen molar-refractivity contribution in [3.63, 3.8) is 0 Å². The van der Waals surface area contributed by atoms with Crippen LogP contribution in [0.5, 0.6) is 0 Å². The van der Waals surface area contributed by atoms with Crippen molar-refractivity contribution in [1.29, 1.82) is 0 Å². The Labute approximate surface area is 208 Å². The largest absolute Gasteiger partial charge is 0.330 e. The molecule has 9 heteroatoms. The van der Waals surface area contributed by atoms with E-state index in [9.17, 15) is 4.79 Å². The fraction of sp³-hybridized carbons (Fsp3) is 0.231. The lowest BCUT2D eigenvalue weighted by atomic mass is 10.1. The number of anilines is 1. The summed E-state index contributed by atoms with van der Waals surface area (Å²) in [6, 6.07) is 15.1. The van der Waals surface area contributed by atoms with Crippen molar-refractivity contribution in [2.75, 3.05) is 38.0 Å². The van der Waals surface area contributed by atoms with Gasteiger partial charge in [-0.1, -0.05) is 36.9 Å². The number of nitrogens with zero attached hydrogens (tertiary/aromatic N) is 4. The molecule has 178 valence electrons. The highest BCUT2D eigenvalue weighted by molar-refractivity contribution is 7.71. The first-order valence-electron chi connectivity index (χ1n) is 11.6. The van der Waals surface area contributed by atoms with Gasteiger partial charge in [-0.15, -0.1) is 0 Å². The highest BCUT2D eigenvalue weighted by atomic mass is 32.1. The van der Waals surface area contributed by atoms with Crippen LogP contribution < -0.4 is 10.6 Å². The van der Waals surface area contributed by atoms with Crippen LogP contribution in [-0.2, 0) is 0 Å². The molecular weight excluding hydrogens is 458 g/mol.